The molecule has 0 fully saturated rings. The largest absolute Gasteiger partial charge is 0.503 e. The van der Waals surface area contributed by atoms with Gasteiger partial charge in [0.25, 0.3) is 5.91 Å². The third kappa shape index (κ3) is 4.09. The summed E-state index contributed by atoms with van der Waals surface area (Å²) in [5, 5.41) is 11.9. The topological polar surface area (TPSA) is 102 Å². The number of aromatic nitrogens is 1. The number of fused-ring (bicyclic) bond motifs is 2. The summed E-state index contributed by atoms with van der Waals surface area (Å²) < 4.78 is 31.3. The van der Waals surface area contributed by atoms with E-state index >= 15 is 0 Å². The van der Waals surface area contributed by atoms with Gasteiger partial charge >= 0.3 is 0 Å². The van der Waals surface area contributed by atoms with Gasteiger partial charge in [-0.1, -0.05) is 35.6 Å². The van der Waals surface area contributed by atoms with Crippen molar-refractivity contribution in [3.63, 3.8) is 0 Å². The Hall–Kier alpha value is -4.70. The van der Waals surface area contributed by atoms with Crippen LogP contribution >= 0.6 is 11.3 Å². The zero-order valence-corrected chi connectivity index (χ0v) is 21.6. The minimum atomic E-state index is -1.08. The maximum Gasteiger partial charge on any atom is 0.296 e. The average Bonchev–Trinajstić information content (AvgIpc) is 3.63. The van der Waals surface area contributed by atoms with Crippen molar-refractivity contribution in [1.82, 2.24) is 4.98 Å². The third-order valence-electron chi connectivity index (χ3n) is 6.46. The molecule has 1 aliphatic rings. The monoisotopic (exact) mass is 544 g/mol. The molecule has 3 heterocycles. The number of rotatable bonds is 7. The Kier molecular flexibility index (Phi) is 6.03. The first-order valence-electron chi connectivity index (χ1n) is 12.1. The van der Waals surface area contributed by atoms with Gasteiger partial charge in [-0.05, 0) is 55.0 Å². The lowest BCUT2D eigenvalue weighted by molar-refractivity contribution is -0.117. The fourth-order valence-electron chi connectivity index (χ4n) is 4.69. The molecule has 5 aromatic rings. The number of furan rings is 1. The zero-order valence-electron chi connectivity index (χ0n) is 20.8. The molecule has 6 rings (SSSR count). The number of para-hydroxylation sites is 1. The molecule has 0 spiro atoms. The molecule has 196 valence electrons. The molecule has 1 N–H and O–H groups in total. The van der Waals surface area contributed by atoms with E-state index in [1.807, 2.05) is 13.0 Å². The average molecular weight is 545 g/mol. The van der Waals surface area contributed by atoms with Gasteiger partial charge in [0, 0.05) is 5.39 Å². The van der Waals surface area contributed by atoms with Gasteiger partial charge in [0.05, 0.1) is 35.5 Å². The Bertz CT molecular complexity index is 1790. The molecule has 0 aliphatic carbocycles. The van der Waals surface area contributed by atoms with Crippen LogP contribution in [0.5, 0.6) is 11.5 Å². The number of hydrogen-bond acceptors (Lipinski definition) is 8. The first-order valence-corrected chi connectivity index (χ1v) is 12.9. The van der Waals surface area contributed by atoms with Crippen LogP contribution in [0, 0.1) is 5.82 Å². The van der Waals surface area contributed by atoms with E-state index in [9.17, 15) is 19.1 Å². The van der Waals surface area contributed by atoms with Gasteiger partial charge in [-0.15, -0.1) is 0 Å². The van der Waals surface area contributed by atoms with Crippen molar-refractivity contribution >= 4 is 49.3 Å². The van der Waals surface area contributed by atoms with E-state index in [1.165, 1.54) is 53.7 Å². The predicted molar refractivity (Wildman–Crippen MR) is 144 cm³/mol. The molecule has 0 saturated carbocycles. The highest BCUT2D eigenvalue weighted by molar-refractivity contribution is 7.22. The number of carbonyl (C=O) groups is 2. The summed E-state index contributed by atoms with van der Waals surface area (Å²) in [4.78, 5) is 33.2. The number of methoxy groups -OCH3 is 1. The van der Waals surface area contributed by atoms with E-state index in [-0.39, 0.29) is 16.5 Å². The van der Waals surface area contributed by atoms with Crippen molar-refractivity contribution in [2.75, 3.05) is 18.6 Å². The quantitative estimate of drug-likeness (QED) is 0.238. The standard InChI is InChI=1S/C29H21FN2O6S/c1-3-37-18-11-12-19-22(14-18)39-29(31-19)32-24(15-7-9-17(30)10-8-15)23(26(34)28(32)35)25(33)21-13-16-5-4-6-20(36-2)27(16)38-21/h4-14,24,34H,3H2,1-2H3. The lowest BCUT2D eigenvalue weighted by Gasteiger charge is -2.24. The van der Waals surface area contributed by atoms with Crippen LogP contribution in [-0.4, -0.2) is 35.5 Å². The Balaban J connectivity index is 1.48. The summed E-state index contributed by atoms with van der Waals surface area (Å²) in [7, 11) is 1.49. The Morgan fingerprint density at radius 1 is 1.15 bits per heavy atom. The molecule has 1 unspecified atom stereocenters. The number of ketones is 1. The second-order valence-corrected chi connectivity index (χ2v) is 9.78. The first-order chi connectivity index (χ1) is 18.9. The van der Waals surface area contributed by atoms with Gasteiger partial charge in [0.2, 0.25) is 5.78 Å². The number of benzene rings is 3. The number of nitrogens with zero attached hydrogens (tertiary/aromatic N) is 2. The molecule has 8 nitrogen and oxygen atoms in total. The molecule has 3 aromatic carbocycles. The molecule has 1 atom stereocenters. The van der Waals surface area contributed by atoms with E-state index in [0.717, 1.165) is 4.70 Å². The molecular weight excluding hydrogens is 523 g/mol. The maximum absolute atomic E-state index is 13.8. The van der Waals surface area contributed by atoms with Crippen molar-refractivity contribution < 1.29 is 33.0 Å². The fraction of sp³-hybridized carbons (Fsp3) is 0.138. The molecule has 0 saturated heterocycles. The van der Waals surface area contributed by atoms with Crippen LogP contribution in [0.3, 0.4) is 0 Å². The second-order valence-electron chi connectivity index (χ2n) is 8.77. The number of Topliss-reactive ketones (excluding diaryl/α,β-unsaturated/α-hetero) is 1. The van der Waals surface area contributed by atoms with E-state index in [2.05, 4.69) is 4.98 Å². The number of hydrogen-bond donors (Lipinski definition) is 1. The van der Waals surface area contributed by atoms with Crippen LogP contribution in [0.1, 0.15) is 29.1 Å². The van der Waals surface area contributed by atoms with Crippen LogP contribution in [0.4, 0.5) is 9.52 Å². The molecule has 1 aliphatic heterocycles. The van der Waals surface area contributed by atoms with Crippen molar-refractivity contribution in [3.8, 4) is 11.5 Å². The number of ether oxygens (including phenoxy) is 2. The number of aliphatic hydroxyl groups excluding tert-OH is 1. The predicted octanol–water partition coefficient (Wildman–Crippen LogP) is 6.37. The zero-order chi connectivity index (χ0) is 27.3. The van der Waals surface area contributed by atoms with Gasteiger partial charge < -0.3 is 19.0 Å². The van der Waals surface area contributed by atoms with Gasteiger partial charge in [0.15, 0.2) is 28.0 Å². The summed E-state index contributed by atoms with van der Waals surface area (Å²) in [5.41, 5.74) is 1.20. The summed E-state index contributed by atoms with van der Waals surface area (Å²) in [6.07, 6.45) is 0. The lowest BCUT2D eigenvalue weighted by Crippen LogP contribution is -2.30. The van der Waals surface area contributed by atoms with Crippen molar-refractivity contribution in [1.29, 1.82) is 0 Å². The molecule has 39 heavy (non-hydrogen) atoms. The van der Waals surface area contributed by atoms with Crippen molar-refractivity contribution in [2.45, 2.75) is 13.0 Å². The van der Waals surface area contributed by atoms with Gasteiger partial charge in [-0.2, -0.15) is 0 Å². The van der Waals surface area contributed by atoms with E-state index < -0.39 is 29.3 Å². The summed E-state index contributed by atoms with van der Waals surface area (Å²) in [6.45, 7) is 2.37. The maximum atomic E-state index is 13.8. The Morgan fingerprint density at radius 2 is 1.95 bits per heavy atom. The van der Waals surface area contributed by atoms with Crippen molar-refractivity contribution in [3.05, 3.63) is 95.2 Å². The molecule has 2 aromatic heterocycles. The second kappa shape index (κ2) is 9.55. The number of aliphatic hydroxyl groups is 1. The van der Waals surface area contributed by atoms with E-state index in [1.54, 1.807) is 30.3 Å². The highest BCUT2D eigenvalue weighted by Crippen LogP contribution is 2.45. The summed E-state index contributed by atoms with van der Waals surface area (Å²) in [6, 6.07) is 16.4. The number of amides is 1. The van der Waals surface area contributed by atoms with Gasteiger partial charge in [-0.25, -0.2) is 9.37 Å². The number of thiazole rings is 1. The molecule has 0 bridgehead atoms. The van der Waals surface area contributed by atoms with E-state index in [0.29, 0.717) is 40.2 Å². The van der Waals surface area contributed by atoms with Gasteiger partial charge in [0.1, 0.15) is 11.6 Å². The van der Waals surface area contributed by atoms with Crippen LogP contribution in [0.25, 0.3) is 21.2 Å². The normalized spacial score (nSPS) is 15.5. The van der Waals surface area contributed by atoms with Crippen LogP contribution in [-0.2, 0) is 4.79 Å². The van der Waals surface area contributed by atoms with Crippen LogP contribution < -0.4 is 14.4 Å². The number of anilines is 1. The van der Waals surface area contributed by atoms with E-state index in [4.69, 9.17) is 13.9 Å². The minimum Gasteiger partial charge on any atom is -0.503 e. The minimum absolute atomic E-state index is 0.0801. The highest BCUT2D eigenvalue weighted by atomic mass is 32.1. The van der Waals surface area contributed by atoms with Crippen LogP contribution in [0.2, 0.25) is 0 Å². The number of halogens is 1. The smallest absolute Gasteiger partial charge is 0.296 e. The Morgan fingerprint density at radius 3 is 2.69 bits per heavy atom. The van der Waals surface area contributed by atoms with Crippen LogP contribution in [0.15, 0.2) is 82.5 Å². The number of carbonyl (C=O) groups excluding carboxylic acids is 2. The molecule has 0 radical (unpaired) electrons. The highest BCUT2D eigenvalue weighted by Gasteiger charge is 2.46. The molecular formula is C29H21FN2O6S. The molecule has 1 amide bonds. The fourth-order valence-corrected chi connectivity index (χ4v) is 5.71. The third-order valence-corrected chi connectivity index (χ3v) is 7.47. The van der Waals surface area contributed by atoms with Gasteiger partial charge in [-0.3, -0.25) is 14.5 Å². The SMILES string of the molecule is CCOc1ccc2nc(N3C(=O)C(O)=C(C(=O)c4cc5cccc(OC)c5o4)C3c3ccc(F)cc3)sc2c1. The summed E-state index contributed by atoms with van der Waals surface area (Å²) in [5.74, 6) is -1.69. The molecule has 10 heteroatoms. The lowest BCUT2D eigenvalue weighted by atomic mass is 9.95. The first kappa shape index (κ1) is 24.6. The van der Waals surface area contributed by atoms with Crippen molar-refractivity contribution in [2.24, 2.45) is 0 Å². The Labute approximate surface area is 225 Å². The summed E-state index contributed by atoms with van der Waals surface area (Å²) >= 11 is 1.21.